The highest BCUT2D eigenvalue weighted by molar-refractivity contribution is 7.99. The molecule has 0 aliphatic carbocycles. The zero-order valence-corrected chi connectivity index (χ0v) is 12.1. The van der Waals surface area contributed by atoms with Crippen LogP contribution in [0.1, 0.15) is 44.3 Å². The average Bonchev–Trinajstić information content (AvgIpc) is 2.86. The minimum atomic E-state index is -0.528. The first kappa shape index (κ1) is 14.0. The predicted molar refractivity (Wildman–Crippen MR) is 76.0 cm³/mol. The number of aliphatic hydroxyl groups is 1. The molecule has 0 spiro atoms. The maximum atomic E-state index is 10.4. The van der Waals surface area contributed by atoms with Crippen LogP contribution in [0.3, 0.4) is 0 Å². The van der Waals surface area contributed by atoms with Crippen LogP contribution < -0.4 is 5.32 Å². The van der Waals surface area contributed by atoms with Crippen molar-refractivity contribution in [2.45, 2.75) is 44.8 Å². The number of hydrogen-bond donors (Lipinski definition) is 2. The summed E-state index contributed by atoms with van der Waals surface area (Å²) in [5.41, 5.74) is -0.528. The van der Waals surface area contributed by atoms with E-state index in [-0.39, 0.29) is 6.04 Å². The Morgan fingerprint density at radius 3 is 2.78 bits per heavy atom. The van der Waals surface area contributed by atoms with Crippen molar-refractivity contribution < 1.29 is 9.52 Å². The predicted octanol–water partition coefficient (Wildman–Crippen LogP) is 2.75. The zero-order chi connectivity index (χ0) is 13.0. The average molecular weight is 269 g/mol. The molecule has 1 aliphatic rings. The maximum absolute atomic E-state index is 10.4. The summed E-state index contributed by atoms with van der Waals surface area (Å²) >= 11 is 1.93. The van der Waals surface area contributed by atoms with Crippen molar-refractivity contribution in [2.75, 3.05) is 18.1 Å². The molecule has 0 amide bonds. The smallest absolute Gasteiger partial charge is 0.120 e. The maximum Gasteiger partial charge on any atom is 0.120 e. The lowest BCUT2D eigenvalue weighted by atomic mass is 9.96. The standard InChI is InChI=1S/C14H23NO2S/c1-3-12-4-5-13(17-12)11(2)15-10-14(16)6-8-18-9-7-14/h4-5,11,15-16H,3,6-10H2,1-2H3. The highest BCUT2D eigenvalue weighted by Crippen LogP contribution is 2.27. The fourth-order valence-corrected chi connectivity index (χ4v) is 3.44. The molecule has 18 heavy (non-hydrogen) atoms. The Bertz CT molecular complexity index is 372. The molecular formula is C14H23NO2S. The van der Waals surface area contributed by atoms with Crippen molar-refractivity contribution in [2.24, 2.45) is 0 Å². The SMILES string of the molecule is CCc1ccc(C(C)NCC2(O)CCSCC2)o1. The van der Waals surface area contributed by atoms with E-state index >= 15 is 0 Å². The van der Waals surface area contributed by atoms with Crippen molar-refractivity contribution in [1.29, 1.82) is 0 Å². The normalized spacial score (nSPS) is 20.8. The van der Waals surface area contributed by atoms with E-state index in [1.165, 1.54) is 0 Å². The third-order valence-electron chi connectivity index (χ3n) is 3.62. The molecule has 102 valence electrons. The second-order valence-corrected chi connectivity index (χ2v) is 6.32. The van der Waals surface area contributed by atoms with E-state index in [4.69, 9.17) is 4.42 Å². The molecule has 1 unspecified atom stereocenters. The molecule has 1 aromatic rings. The summed E-state index contributed by atoms with van der Waals surface area (Å²) in [5, 5.41) is 13.8. The van der Waals surface area contributed by atoms with Gasteiger partial charge in [0.1, 0.15) is 11.5 Å². The van der Waals surface area contributed by atoms with Crippen molar-refractivity contribution in [3.63, 3.8) is 0 Å². The van der Waals surface area contributed by atoms with Gasteiger partial charge in [0, 0.05) is 13.0 Å². The molecule has 1 fully saturated rings. The molecule has 0 saturated carbocycles. The van der Waals surface area contributed by atoms with Gasteiger partial charge in [-0.25, -0.2) is 0 Å². The van der Waals surface area contributed by atoms with Crippen LogP contribution in [-0.2, 0) is 6.42 Å². The Labute approximate surface area is 113 Å². The highest BCUT2D eigenvalue weighted by atomic mass is 32.2. The quantitative estimate of drug-likeness (QED) is 0.863. The lowest BCUT2D eigenvalue weighted by molar-refractivity contribution is 0.0294. The number of hydrogen-bond acceptors (Lipinski definition) is 4. The van der Waals surface area contributed by atoms with Crippen LogP contribution in [0.2, 0.25) is 0 Å². The van der Waals surface area contributed by atoms with Gasteiger partial charge in [0.2, 0.25) is 0 Å². The molecule has 2 heterocycles. The minimum Gasteiger partial charge on any atom is -0.464 e. The first-order valence-electron chi connectivity index (χ1n) is 6.75. The Morgan fingerprint density at radius 1 is 1.44 bits per heavy atom. The molecule has 1 atom stereocenters. The molecule has 1 aliphatic heterocycles. The number of furan rings is 1. The summed E-state index contributed by atoms with van der Waals surface area (Å²) in [5.74, 6) is 4.10. The summed E-state index contributed by atoms with van der Waals surface area (Å²) in [6.07, 6.45) is 2.69. The van der Waals surface area contributed by atoms with E-state index in [1.807, 2.05) is 23.9 Å². The molecule has 0 radical (unpaired) electrons. The van der Waals surface area contributed by atoms with Crippen LogP contribution in [0.15, 0.2) is 16.5 Å². The van der Waals surface area contributed by atoms with Gasteiger partial charge in [0.25, 0.3) is 0 Å². The molecule has 2 N–H and O–H groups in total. The van der Waals surface area contributed by atoms with Gasteiger partial charge < -0.3 is 14.8 Å². The van der Waals surface area contributed by atoms with Gasteiger partial charge in [-0.3, -0.25) is 0 Å². The van der Waals surface area contributed by atoms with Gasteiger partial charge in [0.05, 0.1) is 11.6 Å². The minimum absolute atomic E-state index is 0.156. The van der Waals surface area contributed by atoms with Crippen molar-refractivity contribution in [3.8, 4) is 0 Å². The summed E-state index contributed by atoms with van der Waals surface area (Å²) in [6, 6.07) is 4.21. The van der Waals surface area contributed by atoms with Crippen LogP contribution >= 0.6 is 11.8 Å². The van der Waals surface area contributed by atoms with Gasteiger partial charge >= 0.3 is 0 Å². The van der Waals surface area contributed by atoms with Crippen molar-refractivity contribution in [1.82, 2.24) is 5.32 Å². The fourth-order valence-electron chi connectivity index (χ4n) is 2.19. The number of nitrogens with one attached hydrogen (secondary N) is 1. The Hall–Kier alpha value is -0.450. The highest BCUT2D eigenvalue weighted by Gasteiger charge is 2.29. The Balaban J connectivity index is 1.85. The van der Waals surface area contributed by atoms with E-state index < -0.39 is 5.60 Å². The summed E-state index contributed by atoms with van der Waals surface area (Å²) < 4.78 is 5.72. The van der Waals surface area contributed by atoms with Crippen molar-refractivity contribution in [3.05, 3.63) is 23.7 Å². The van der Waals surface area contributed by atoms with E-state index in [2.05, 4.69) is 19.2 Å². The monoisotopic (exact) mass is 269 g/mol. The Morgan fingerprint density at radius 2 is 2.17 bits per heavy atom. The second kappa shape index (κ2) is 6.13. The van der Waals surface area contributed by atoms with Crippen LogP contribution in [0, 0.1) is 0 Å². The number of rotatable bonds is 5. The first-order valence-corrected chi connectivity index (χ1v) is 7.90. The molecular weight excluding hydrogens is 246 g/mol. The second-order valence-electron chi connectivity index (χ2n) is 5.10. The van der Waals surface area contributed by atoms with E-state index in [1.54, 1.807) is 0 Å². The molecule has 4 heteroatoms. The summed E-state index contributed by atoms with van der Waals surface area (Å²) in [7, 11) is 0. The van der Waals surface area contributed by atoms with Gasteiger partial charge in [0.15, 0.2) is 0 Å². The molecule has 1 aromatic heterocycles. The number of thioether (sulfide) groups is 1. The molecule has 0 aromatic carbocycles. The third kappa shape index (κ3) is 3.53. The van der Waals surface area contributed by atoms with Crippen LogP contribution in [0.5, 0.6) is 0 Å². The van der Waals surface area contributed by atoms with Gasteiger partial charge in [-0.1, -0.05) is 6.92 Å². The molecule has 1 saturated heterocycles. The lowest BCUT2D eigenvalue weighted by Gasteiger charge is -2.32. The first-order chi connectivity index (χ1) is 8.63. The summed E-state index contributed by atoms with van der Waals surface area (Å²) in [6.45, 7) is 4.82. The Kier molecular flexibility index (Phi) is 4.76. The molecule has 0 bridgehead atoms. The van der Waals surface area contributed by atoms with Crippen molar-refractivity contribution >= 4 is 11.8 Å². The molecule has 2 rings (SSSR count). The number of aryl methyl sites for hydroxylation is 1. The van der Waals surface area contributed by atoms with Gasteiger partial charge in [-0.2, -0.15) is 11.8 Å². The van der Waals surface area contributed by atoms with E-state index in [0.29, 0.717) is 6.54 Å². The van der Waals surface area contributed by atoms with E-state index in [0.717, 1.165) is 42.3 Å². The third-order valence-corrected chi connectivity index (χ3v) is 4.60. The van der Waals surface area contributed by atoms with Gasteiger partial charge in [-0.05, 0) is 43.4 Å². The zero-order valence-electron chi connectivity index (χ0n) is 11.2. The topological polar surface area (TPSA) is 45.4 Å². The van der Waals surface area contributed by atoms with Crippen LogP contribution in [0.4, 0.5) is 0 Å². The van der Waals surface area contributed by atoms with Crippen LogP contribution in [0.25, 0.3) is 0 Å². The largest absolute Gasteiger partial charge is 0.464 e. The van der Waals surface area contributed by atoms with Gasteiger partial charge in [-0.15, -0.1) is 0 Å². The van der Waals surface area contributed by atoms with E-state index in [9.17, 15) is 5.11 Å². The van der Waals surface area contributed by atoms with Crippen LogP contribution in [-0.4, -0.2) is 28.8 Å². The summed E-state index contributed by atoms with van der Waals surface area (Å²) in [4.78, 5) is 0. The molecule has 3 nitrogen and oxygen atoms in total. The lowest BCUT2D eigenvalue weighted by Crippen LogP contribution is -2.44. The fraction of sp³-hybridized carbons (Fsp3) is 0.714.